The Morgan fingerprint density at radius 3 is 1.04 bits per heavy atom. The summed E-state index contributed by atoms with van der Waals surface area (Å²) < 4.78 is 0. The molecule has 0 heterocycles. The normalized spacial score (nSPS) is 12.5. The molecule has 0 N–H and O–H groups in total. The van der Waals surface area contributed by atoms with Crippen LogP contribution in [-0.2, 0) is 0 Å². The molecule has 0 radical (unpaired) electrons. The van der Waals surface area contributed by atoms with E-state index >= 15 is 0 Å². The highest BCUT2D eigenvalue weighted by Gasteiger charge is 2.19. The molecule has 0 aliphatic heterocycles. The van der Waals surface area contributed by atoms with Crippen molar-refractivity contribution in [3.63, 3.8) is 0 Å². The predicted molar refractivity (Wildman–Crippen MR) is 118 cm³/mol. The van der Waals surface area contributed by atoms with Gasteiger partial charge in [0.25, 0.3) is 0 Å². The van der Waals surface area contributed by atoms with E-state index < -0.39 is 0 Å². The van der Waals surface area contributed by atoms with E-state index in [4.69, 9.17) is 0 Å². The van der Waals surface area contributed by atoms with Crippen molar-refractivity contribution in [2.45, 2.75) is 79.1 Å². The maximum atomic E-state index is 2.46. The maximum absolute atomic E-state index is 2.46. The first-order chi connectivity index (χ1) is 12.2. The van der Waals surface area contributed by atoms with Crippen LogP contribution in [0.1, 0.15) is 101 Å². The van der Waals surface area contributed by atoms with Crippen LogP contribution in [0, 0.1) is 0 Å². The van der Waals surface area contributed by atoms with Crippen LogP contribution in [0.3, 0.4) is 0 Å². The topological polar surface area (TPSA) is 0 Å². The van der Waals surface area contributed by atoms with Crippen molar-refractivity contribution < 1.29 is 0 Å². The molecule has 0 amide bonds. The third-order valence-electron chi connectivity index (χ3n) is 5.74. The zero-order valence-corrected chi connectivity index (χ0v) is 17.8. The minimum absolute atomic E-state index is 0.508. The summed E-state index contributed by atoms with van der Waals surface area (Å²) in [6.07, 6.45) is 0. The van der Waals surface area contributed by atoms with Crippen molar-refractivity contribution >= 4 is 21.5 Å². The highest BCUT2D eigenvalue weighted by atomic mass is 14.2. The van der Waals surface area contributed by atoms with Crippen LogP contribution in [0.25, 0.3) is 21.5 Å². The Labute approximate surface area is 159 Å². The van der Waals surface area contributed by atoms with E-state index in [0.29, 0.717) is 23.7 Å². The number of benzene rings is 3. The predicted octanol–water partition coefficient (Wildman–Crippen LogP) is 8.49. The lowest BCUT2D eigenvalue weighted by Crippen LogP contribution is -2.01. The molecule has 0 unspecified atom stereocenters. The van der Waals surface area contributed by atoms with Gasteiger partial charge < -0.3 is 0 Å². The molecule has 0 heteroatoms. The van der Waals surface area contributed by atoms with Gasteiger partial charge in [0.05, 0.1) is 0 Å². The first-order valence-electron chi connectivity index (χ1n) is 10.2. The molecule has 0 aromatic heterocycles. The van der Waals surface area contributed by atoms with E-state index in [1.165, 1.54) is 43.8 Å². The van der Waals surface area contributed by atoms with Gasteiger partial charge in [-0.1, -0.05) is 91.8 Å². The largest absolute Gasteiger partial charge is 0.0587 e. The minimum atomic E-state index is 0.508. The first-order valence-corrected chi connectivity index (χ1v) is 10.2. The number of rotatable bonds is 4. The van der Waals surface area contributed by atoms with Crippen LogP contribution in [0.5, 0.6) is 0 Å². The number of hydrogen-bond acceptors (Lipinski definition) is 0. The van der Waals surface area contributed by atoms with Crippen molar-refractivity contribution in [2.75, 3.05) is 0 Å². The highest BCUT2D eigenvalue weighted by Crippen LogP contribution is 2.41. The van der Waals surface area contributed by atoms with E-state index in [9.17, 15) is 0 Å². The fourth-order valence-corrected chi connectivity index (χ4v) is 4.29. The van der Waals surface area contributed by atoms with Gasteiger partial charge in [-0.3, -0.25) is 0 Å². The van der Waals surface area contributed by atoms with Gasteiger partial charge in [0.15, 0.2) is 0 Å². The molecule has 3 aromatic rings. The lowest BCUT2D eigenvalue weighted by atomic mass is 9.81. The molecular weight excluding hydrogens is 312 g/mol. The molecule has 3 aromatic carbocycles. The Morgan fingerprint density at radius 2 is 0.769 bits per heavy atom. The van der Waals surface area contributed by atoms with Gasteiger partial charge in [-0.2, -0.15) is 0 Å². The van der Waals surface area contributed by atoms with Gasteiger partial charge >= 0.3 is 0 Å². The third kappa shape index (κ3) is 3.15. The zero-order valence-electron chi connectivity index (χ0n) is 17.8. The fourth-order valence-electron chi connectivity index (χ4n) is 4.29. The summed E-state index contributed by atoms with van der Waals surface area (Å²) in [5, 5.41) is 5.81. The third-order valence-corrected chi connectivity index (χ3v) is 5.74. The van der Waals surface area contributed by atoms with Crippen molar-refractivity contribution in [3.8, 4) is 0 Å². The summed E-state index contributed by atoms with van der Waals surface area (Å²) in [6, 6.07) is 14.3. The van der Waals surface area contributed by atoms with Crippen LogP contribution >= 0.6 is 0 Å². The van der Waals surface area contributed by atoms with Gasteiger partial charge in [-0.25, -0.2) is 0 Å². The van der Waals surface area contributed by atoms with Gasteiger partial charge in [0.2, 0.25) is 0 Å². The average molecular weight is 347 g/mol. The maximum Gasteiger partial charge on any atom is -0.0137 e. The number of hydrogen-bond donors (Lipinski definition) is 0. The summed E-state index contributed by atoms with van der Waals surface area (Å²) in [6.45, 7) is 18.5. The molecule has 138 valence electrons. The van der Waals surface area contributed by atoms with Crippen molar-refractivity contribution in [1.82, 2.24) is 0 Å². The lowest BCUT2D eigenvalue weighted by Gasteiger charge is -2.23. The van der Waals surface area contributed by atoms with E-state index in [2.05, 4.69) is 91.8 Å². The second-order valence-corrected chi connectivity index (χ2v) is 9.06. The summed E-state index contributed by atoms with van der Waals surface area (Å²) >= 11 is 0. The number of fused-ring (bicyclic) bond motifs is 2. The fraction of sp³-hybridized carbons (Fsp3) is 0.462. The molecule has 0 bridgehead atoms. The molecule has 0 saturated carbocycles. The molecule has 26 heavy (non-hydrogen) atoms. The summed E-state index contributed by atoms with van der Waals surface area (Å²) in [4.78, 5) is 0. The van der Waals surface area contributed by atoms with Crippen molar-refractivity contribution in [2.24, 2.45) is 0 Å². The molecule has 0 fully saturated rings. The van der Waals surface area contributed by atoms with Crippen LogP contribution in [0.4, 0.5) is 0 Å². The van der Waals surface area contributed by atoms with Crippen LogP contribution in [-0.4, -0.2) is 0 Å². The molecule has 0 spiro atoms. The summed E-state index contributed by atoms with van der Waals surface area (Å²) in [7, 11) is 0. The zero-order chi connectivity index (χ0) is 19.2. The molecular formula is C26H34. The van der Waals surface area contributed by atoms with E-state index in [1.807, 2.05) is 0 Å². The Kier molecular flexibility index (Phi) is 5.15. The van der Waals surface area contributed by atoms with Gasteiger partial charge in [0.1, 0.15) is 0 Å². The Bertz CT molecular complexity index is 860. The van der Waals surface area contributed by atoms with Crippen LogP contribution in [0.15, 0.2) is 36.4 Å². The first kappa shape index (κ1) is 19.0. The minimum Gasteiger partial charge on any atom is -0.0587 e. The van der Waals surface area contributed by atoms with Gasteiger partial charge in [-0.05, 0) is 67.5 Å². The second kappa shape index (κ2) is 7.06. The van der Waals surface area contributed by atoms with Crippen molar-refractivity contribution in [1.29, 1.82) is 0 Å². The monoisotopic (exact) mass is 346 g/mol. The van der Waals surface area contributed by atoms with Crippen LogP contribution < -0.4 is 0 Å². The molecule has 0 atom stereocenters. The van der Waals surface area contributed by atoms with Crippen LogP contribution in [0.2, 0.25) is 0 Å². The highest BCUT2D eigenvalue weighted by molar-refractivity contribution is 6.07. The summed E-state index contributed by atoms with van der Waals surface area (Å²) in [5.74, 6) is 2.13. The van der Waals surface area contributed by atoms with E-state index in [1.54, 1.807) is 0 Å². The van der Waals surface area contributed by atoms with Gasteiger partial charge in [-0.15, -0.1) is 0 Å². The smallest absolute Gasteiger partial charge is 0.0137 e. The second-order valence-electron chi connectivity index (χ2n) is 9.06. The Balaban J connectivity index is 2.54. The van der Waals surface area contributed by atoms with E-state index in [0.717, 1.165) is 0 Å². The molecule has 0 nitrogen and oxygen atoms in total. The Hall–Kier alpha value is -1.82. The SMILES string of the molecule is CC(C)c1ccc2c(C(C)C)c3cc(C(C)C)ccc3c(C(C)C)c2c1. The lowest BCUT2D eigenvalue weighted by molar-refractivity contribution is 0.856. The molecule has 3 rings (SSSR count). The average Bonchev–Trinajstić information content (AvgIpc) is 2.57. The standard InChI is InChI=1S/C26H34/c1-15(2)19-9-11-21-23(13-19)25(17(5)6)22-12-10-20(16(3)4)14-24(22)26(21)18(7)8/h9-18H,1-8H3. The van der Waals surface area contributed by atoms with Crippen molar-refractivity contribution in [3.05, 3.63) is 58.7 Å². The summed E-state index contributed by atoms with van der Waals surface area (Å²) in [5.41, 5.74) is 5.90. The quantitative estimate of drug-likeness (QED) is 0.415. The van der Waals surface area contributed by atoms with Gasteiger partial charge in [0, 0.05) is 0 Å². The Morgan fingerprint density at radius 1 is 0.423 bits per heavy atom. The van der Waals surface area contributed by atoms with E-state index in [-0.39, 0.29) is 0 Å². The molecule has 0 saturated heterocycles. The molecule has 0 aliphatic rings. The molecule has 0 aliphatic carbocycles.